The summed E-state index contributed by atoms with van der Waals surface area (Å²) in [4.78, 5) is 11.1. The van der Waals surface area contributed by atoms with E-state index in [-0.39, 0.29) is 5.92 Å². The van der Waals surface area contributed by atoms with E-state index < -0.39 is 11.9 Å². The van der Waals surface area contributed by atoms with Crippen LogP contribution in [0.2, 0.25) is 5.02 Å². The molecule has 2 nitrogen and oxygen atoms in total. The zero-order valence-corrected chi connectivity index (χ0v) is 8.37. The second-order valence-corrected chi connectivity index (χ2v) is 4.08. The molecule has 1 aliphatic rings. The van der Waals surface area contributed by atoms with Crippen molar-refractivity contribution in [3.8, 4) is 0 Å². The van der Waals surface area contributed by atoms with E-state index in [4.69, 9.17) is 16.7 Å². The summed E-state index contributed by atoms with van der Waals surface area (Å²) in [5, 5.41) is 9.66. The number of carboxylic acid groups (broad SMARTS) is 1. The Hall–Kier alpha value is -1.02. The van der Waals surface area contributed by atoms with Crippen LogP contribution in [0.15, 0.2) is 24.3 Å². The molecule has 1 atom stereocenters. The summed E-state index contributed by atoms with van der Waals surface area (Å²) in [6.45, 7) is 0. The van der Waals surface area contributed by atoms with Crippen molar-refractivity contribution in [1.82, 2.24) is 0 Å². The maximum atomic E-state index is 11.1. The van der Waals surface area contributed by atoms with E-state index in [9.17, 15) is 4.79 Å². The molecule has 0 saturated heterocycles. The van der Waals surface area contributed by atoms with Gasteiger partial charge in [-0.2, -0.15) is 0 Å². The number of halogens is 1. The van der Waals surface area contributed by atoms with Gasteiger partial charge in [0.15, 0.2) is 0 Å². The lowest BCUT2D eigenvalue weighted by Crippen LogP contribution is -2.13. The lowest BCUT2D eigenvalue weighted by Gasteiger charge is -2.12. The molecule has 1 fully saturated rings. The number of hydrogen-bond acceptors (Lipinski definition) is 1. The van der Waals surface area contributed by atoms with Crippen LogP contribution in [-0.4, -0.2) is 11.1 Å². The van der Waals surface area contributed by atoms with Gasteiger partial charge in [0.1, 0.15) is 0 Å². The summed E-state index contributed by atoms with van der Waals surface area (Å²) in [5.41, 5.74) is 0.754. The van der Waals surface area contributed by atoms with Crippen molar-refractivity contribution in [3.63, 3.8) is 0 Å². The van der Waals surface area contributed by atoms with Gasteiger partial charge in [-0.1, -0.05) is 29.8 Å². The van der Waals surface area contributed by atoms with Crippen molar-refractivity contribution in [1.29, 1.82) is 0 Å². The van der Waals surface area contributed by atoms with Crippen LogP contribution >= 0.6 is 11.6 Å². The minimum absolute atomic E-state index is 0.285. The van der Waals surface area contributed by atoms with Gasteiger partial charge in [-0.3, -0.25) is 4.79 Å². The average Bonchev–Trinajstić information content (AvgIpc) is 2.92. The van der Waals surface area contributed by atoms with Gasteiger partial charge in [0.2, 0.25) is 0 Å². The maximum absolute atomic E-state index is 11.1. The summed E-state index contributed by atoms with van der Waals surface area (Å²) in [7, 11) is 0. The summed E-state index contributed by atoms with van der Waals surface area (Å²) in [5.74, 6) is -0.892. The van der Waals surface area contributed by atoms with E-state index in [2.05, 4.69) is 0 Å². The highest BCUT2D eigenvalue weighted by atomic mass is 35.5. The molecule has 2 rings (SSSR count). The fraction of sp³-hybridized carbons (Fsp3) is 0.364. The Bertz CT molecular complexity index is 358. The summed E-state index contributed by atoms with van der Waals surface area (Å²) in [6, 6.07) is 7.20. The molecule has 74 valence electrons. The maximum Gasteiger partial charge on any atom is 0.311 e. The van der Waals surface area contributed by atoms with Gasteiger partial charge in [0, 0.05) is 5.02 Å². The molecule has 1 aliphatic carbocycles. The van der Waals surface area contributed by atoms with Crippen LogP contribution in [0.5, 0.6) is 0 Å². The van der Waals surface area contributed by atoms with Gasteiger partial charge in [0.05, 0.1) is 5.92 Å². The summed E-state index contributed by atoms with van der Waals surface area (Å²) < 4.78 is 0. The van der Waals surface area contributed by atoms with Gasteiger partial charge >= 0.3 is 5.97 Å². The van der Waals surface area contributed by atoms with Crippen LogP contribution < -0.4 is 0 Å². The van der Waals surface area contributed by atoms with Crippen molar-refractivity contribution < 1.29 is 9.90 Å². The molecule has 0 aliphatic heterocycles. The number of aliphatic carboxylic acids is 1. The third kappa shape index (κ3) is 1.75. The SMILES string of the molecule is O=C(O)C(c1ccccc1Cl)C1CC1. The fourth-order valence-corrected chi connectivity index (χ4v) is 2.00. The van der Waals surface area contributed by atoms with E-state index >= 15 is 0 Å². The molecule has 0 heterocycles. The second kappa shape index (κ2) is 3.62. The van der Waals surface area contributed by atoms with Gasteiger partial charge < -0.3 is 5.11 Å². The van der Waals surface area contributed by atoms with Crippen LogP contribution in [0.4, 0.5) is 0 Å². The molecular weight excluding hydrogens is 200 g/mol. The Labute approximate surface area is 87.5 Å². The standard InChI is InChI=1S/C11H11ClO2/c12-9-4-2-1-3-8(9)10(11(13)14)7-5-6-7/h1-4,7,10H,5-6H2,(H,13,14). The molecule has 1 unspecified atom stereocenters. The Morgan fingerprint density at radius 2 is 2.07 bits per heavy atom. The first-order valence-corrected chi connectivity index (χ1v) is 5.05. The van der Waals surface area contributed by atoms with Crippen LogP contribution in [0.25, 0.3) is 0 Å². The Morgan fingerprint density at radius 3 is 2.57 bits per heavy atom. The molecule has 0 aromatic heterocycles. The highest BCUT2D eigenvalue weighted by Gasteiger charge is 2.38. The van der Waals surface area contributed by atoms with E-state index in [1.54, 1.807) is 12.1 Å². The van der Waals surface area contributed by atoms with E-state index in [1.165, 1.54) is 0 Å². The number of hydrogen-bond donors (Lipinski definition) is 1. The molecular formula is C11H11ClO2. The third-order valence-corrected chi connectivity index (χ3v) is 2.94. The van der Waals surface area contributed by atoms with Crippen LogP contribution in [0.3, 0.4) is 0 Å². The van der Waals surface area contributed by atoms with Gasteiger partial charge in [-0.15, -0.1) is 0 Å². The molecule has 14 heavy (non-hydrogen) atoms. The molecule has 1 saturated carbocycles. The Kier molecular flexibility index (Phi) is 2.46. The normalized spacial score (nSPS) is 17.8. The predicted molar refractivity (Wildman–Crippen MR) is 54.6 cm³/mol. The molecule has 0 bridgehead atoms. The largest absolute Gasteiger partial charge is 0.481 e. The average molecular weight is 211 g/mol. The molecule has 1 aromatic carbocycles. The van der Waals surface area contributed by atoms with Crippen molar-refractivity contribution in [2.75, 3.05) is 0 Å². The van der Waals surface area contributed by atoms with Crippen molar-refractivity contribution in [3.05, 3.63) is 34.9 Å². The topological polar surface area (TPSA) is 37.3 Å². The lowest BCUT2D eigenvalue weighted by atomic mass is 9.94. The van der Waals surface area contributed by atoms with Crippen molar-refractivity contribution in [2.24, 2.45) is 5.92 Å². The highest BCUT2D eigenvalue weighted by Crippen LogP contribution is 2.44. The van der Waals surface area contributed by atoms with E-state index in [1.807, 2.05) is 12.1 Å². The van der Waals surface area contributed by atoms with E-state index in [0.29, 0.717) is 5.02 Å². The first kappa shape index (κ1) is 9.53. The first-order chi connectivity index (χ1) is 6.70. The Balaban J connectivity index is 2.35. The highest BCUT2D eigenvalue weighted by molar-refractivity contribution is 6.31. The van der Waals surface area contributed by atoms with Crippen molar-refractivity contribution >= 4 is 17.6 Å². The molecule has 0 spiro atoms. The van der Waals surface area contributed by atoms with Crippen molar-refractivity contribution in [2.45, 2.75) is 18.8 Å². The number of carboxylic acids is 1. The van der Waals surface area contributed by atoms with Crippen LogP contribution in [-0.2, 0) is 4.79 Å². The van der Waals surface area contributed by atoms with Gasteiger partial charge in [0.25, 0.3) is 0 Å². The monoisotopic (exact) mass is 210 g/mol. The zero-order valence-electron chi connectivity index (χ0n) is 7.61. The van der Waals surface area contributed by atoms with Gasteiger partial charge in [-0.05, 0) is 30.4 Å². The first-order valence-electron chi connectivity index (χ1n) is 4.67. The number of carbonyl (C=O) groups is 1. The third-order valence-electron chi connectivity index (χ3n) is 2.60. The van der Waals surface area contributed by atoms with E-state index in [0.717, 1.165) is 18.4 Å². The molecule has 1 N–H and O–H groups in total. The summed E-state index contributed by atoms with van der Waals surface area (Å²) in [6.07, 6.45) is 2.00. The fourth-order valence-electron chi connectivity index (χ4n) is 1.75. The lowest BCUT2D eigenvalue weighted by molar-refractivity contribution is -0.139. The molecule has 0 amide bonds. The molecule has 3 heteroatoms. The predicted octanol–water partition coefficient (Wildman–Crippen LogP) is 2.92. The quantitative estimate of drug-likeness (QED) is 0.833. The minimum atomic E-state index is -0.763. The summed E-state index contributed by atoms with van der Waals surface area (Å²) >= 11 is 5.97. The van der Waals surface area contributed by atoms with Gasteiger partial charge in [-0.25, -0.2) is 0 Å². The number of benzene rings is 1. The van der Waals surface area contributed by atoms with Crippen LogP contribution in [0, 0.1) is 5.92 Å². The minimum Gasteiger partial charge on any atom is -0.481 e. The molecule has 1 aromatic rings. The zero-order chi connectivity index (χ0) is 10.1. The molecule has 0 radical (unpaired) electrons. The van der Waals surface area contributed by atoms with Crippen LogP contribution in [0.1, 0.15) is 24.3 Å². The smallest absolute Gasteiger partial charge is 0.311 e. The number of rotatable bonds is 3. The Morgan fingerprint density at radius 1 is 1.43 bits per heavy atom. The second-order valence-electron chi connectivity index (χ2n) is 3.67.